The highest BCUT2D eigenvalue weighted by molar-refractivity contribution is 6.30. The smallest absolute Gasteiger partial charge is 0.126 e. The van der Waals surface area contributed by atoms with Crippen molar-refractivity contribution in [2.45, 2.75) is 19.3 Å². The average Bonchev–Trinajstić information content (AvgIpc) is 2.25. The van der Waals surface area contributed by atoms with Gasteiger partial charge in [0, 0.05) is 19.4 Å². The molecule has 1 aliphatic rings. The SMILES string of the molecule is Nc1ncc(Cl)cc1CC1CCOCC1. The van der Waals surface area contributed by atoms with Crippen molar-refractivity contribution in [1.82, 2.24) is 4.98 Å². The van der Waals surface area contributed by atoms with Gasteiger partial charge >= 0.3 is 0 Å². The zero-order valence-corrected chi connectivity index (χ0v) is 9.33. The lowest BCUT2D eigenvalue weighted by Crippen LogP contribution is -2.18. The Labute approximate surface area is 94.6 Å². The van der Waals surface area contributed by atoms with E-state index in [1.54, 1.807) is 6.20 Å². The van der Waals surface area contributed by atoms with Crippen LogP contribution in [0.1, 0.15) is 18.4 Å². The maximum absolute atomic E-state index is 5.89. The molecule has 2 rings (SSSR count). The summed E-state index contributed by atoms with van der Waals surface area (Å²) >= 11 is 5.89. The number of aromatic nitrogens is 1. The first-order valence-corrected chi connectivity index (χ1v) is 5.61. The number of ether oxygens (including phenoxy) is 1. The number of nitrogens with zero attached hydrogens (tertiary/aromatic N) is 1. The fraction of sp³-hybridized carbons (Fsp3) is 0.545. The Bertz CT molecular complexity index is 337. The van der Waals surface area contributed by atoms with Crippen LogP contribution in [0, 0.1) is 5.92 Å². The summed E-state index contributed by atoms with van der Waals surface area (Å²) in [4.78, 5) is 4.06. The normalized spacial score (nSPS) is 17.9. The molecule has 0 aromatic carbocycles. The van der Waals surface area contributed by atoms with Gasteiger partial charge in [-0.25, -0.2) is 4.98 Å². The highest BCUT2D eigenvalue weighted by atomic mass is 35.5. The maximum atomic E-state index is 5.89. The molecule has 2 N–H and O–H groups in total. The molecule has 0 aliphatic carbocycles. The molecule has 0 spiro atoms. The molecule has 3 nitrogen and oxygen atoms in total. The largest absolute Gasteiger partial charge is 0.383 e. The lowest BCUT2D eigenvalue weighted by atomic mass is 9.93. The Morgan fingerprint density at radius 1 is 1.47 bits per heavy atom. The van der Waals surface area contributed by atoms with Crippen molar-refractivity contribution in [3.05, 3.63) is 22.8 Å². The Morgan fingerprint density at radius 2 is 2.20 bits per heavy atom. The fourth-order valence-electron chi connectivity index (χ4n) is 1.92. The highest BCUT2D eigenvalue weighted by Crippen LogP contribution is 2.24. The zero-order valence-electron chi connectivity index (χ0n) is 8.58. The van der Waals surface area contributed by atoms with Gasteiger partial charge in [0.15, 0.2) is 0 Å². The molecular formula is C11H15ClN2O. The van der Waals surface area contributed by atoms with E-state index in [4.69, 9.17) is 22.1 Å². The third-order valence-corrected chi connectivity index (χ3v) is 3.02. The predicted molar refractivity (Wildman–Crippen MR) is 60.9 cm³/mol. The van der Waals surface area contributed by atoms with Crippen LogP contribution in [0.25, 0.3) is 0 Å². The number of nitrogen functional groups attached to an aromatic ring is 1. The van der Waals surface area contributed by atoms with Crippen molar-refractivity contribution in [1.29, 1.82) is 0 Å². The van der Waals surface area contributed by atoms with E-state index in [1.165, 1.54) is 0 Å². The van der Waals surface area contributed by atoms with Crippen molar-refractivity contribution in [3.63, 3.8) is 0 Å². The van der Waals surface area contributed by atoms with Crippen molar-refractivity contribution in [2.75, 3.05) is 18.9 Å². The van der Waals surface area contributed by atoms with E-state index in [-0.39, 0.29) is 0 Å². The first-order valence-electron chi connectivity index (χ1n) is 5.23. The van der Waals surface area contributed by atoms with E-state index < -0.39 is 0 Å². The molecule has 82 valence electrons. The van der Waals surface area contributed by atoms with Gasteiger partial charge in [0.2, 0.25) is 0 Å². The minimum absolute atomic E-state index is 0.603. The van der Waals surface area contributed by atoms with Crippen LogP contribution in [0.15, 0.2) is 12.3 Å². The molecule has 0 unspecified atom stereocenters. The van der Waals surface area contributed by atoms with Gasteiger partial charge in [0.25, 0.3) is 0 Å². The third kappa shape index (κ3) is 2.83. The molecule has 0 radical (unpaired) electrons. The van der Waals surface area contributed by atoms with E-state index in [9.17, 15) is 0 Å². The molecule has 1 fully saturated rings. The molecule has 2 heterocycles. The monoisotopic (exact) mass is 226 g/mol. The molecule has 0 saturated carbocycles. The Balaban J connectivity index is 2.05. The van der Waals surface area contributed by atoms with E-state index in [0.717, 1.165) is 38.0 Å². The number of hydrogen-bond acceptors (Lipinski definition) is 3. The highest BCUT2D eigenvalue weighted by Gasteiger charge is 2.15. The summed E-state index contributed by atoms with van der Waals surface area (Å²) in [6.07, 6.45) is 4.75. The van der Waals surface area contributed by atoms with Crippen LogP contribution >= 0.6 is 11.6 Å². The topological polar surface area (TPSA) is 48.1 Å². The van der Waals surface area contributed by atoms with Gasteiger partial charge in [-0.1, -0.05) is 11.6 Å². The summed E-state index contributed by atoms with van der Waals surface area (Å²) in [7, 11) is 0. The zero-order chi connectivity index (χ0) is 10.7. The Hall–Kier alpha value is -0.800. The molecular weight excluding hydrogens is 212 g/mol. The third-order valence-electron chi connectivity index (χ3n) is 2.82. The first-order chi connectivity index (χ1) is 7.25. The van der Waals surface area contributed by atoms with Crippen LogP contribution in [0.4, 0.5) is 5.82 Å². The minimum Gasteiger partial charge on any atom is -0.383 e. The number of halogens is 1. The number of hydrogen-bond donors (Lipinski definition) is 1. The molecule has 0 amide bonds. The maximum Gasteiger partial charge on any atom is 0.126 e. The quantitative estimate of drug-likeness (QED) is 0.842. The van der Waals surface area contributed by atoms with E-state index >= 15 is 0 Å². The molecule has 0 bridgehead atoms. The van der Waals surface area contributed by atoms with Gasteiger partial charge in [0.1, 0.15) is 5.82 Å². The standard InChI is InChI=1S/C11H15ClN2O/c12-10-6-9(11(13)14-7-10)5-8-1-3-15-4-2-8/h6-8H,1-5H2,(H2,13,14). The minimum atomic E-state index is 0.603. The van der Waals surface area contributed by atoms with E-state index in [2.05, 4.69) is 4.98 Å². The number of nitrogens with two attached hydrogens (primary N) is 1. The van der Waals surface area contributed by atoms with Crippen molar-refractivity contribution < 1.29 is 4.74 Å². The summed E-state index contributed by atoms with van der Waals surface area (Å²) in [5.74, 6) is 1.26. The molecule has 1 saturated heterocycles. The van der Waals surface area contributed by atoms with Crippen LogP contribution in [-0.2, 0) is 11.2 Å². The summed E-state index contributed by atoms with van der Waals surface area (Å²) in [6, 6.07) is 1.92. The lowest BCUT2D eigenvalue weighted by Gasteiger charge is -2.22. The first kappa shape index (κ1) is 10.7. The predicted octanol–water partition coefficient (Wildman–Crippen LogP) is 2.29. The van der Waals surface area contributed by atoms with Gasteiger partial charge in [-0.3, -0.25) is 0 Å². The number of pyridine rings is 1. The second-order valence-corrected chi connectivity index (χ2v) is 4.39. The van der Waals surface area contributed by atoms with Crippen LogP contribution in [0.5, 0.6) is 0 Å². The number of rotatable bonds is 2. The van der Waals surface area contributed by atoms with Gasteiger partial charge in [-0.15, -0.1) is 0 Å². The summed E-state index contributed by atoms with van der Waals surface area (Å²) < 4.78 is 5.32. The average molecular weight is 227 g/mol. The lowest BCUT2D eigenvalue weighted by molar-refractivity contribution is 0.0665. The molecule has 15 heavy (non-hydrogen) atoms. The summed E-state index contributed by atoms with van der Waals surface area (Å²) in [6.45, 7) is 1.72. The Morgan fingerprint density at radius 3 is 2.93 bits per heavy atom. The molecule has 1 aliphatic heterocycles. The van der Waals surface area contributed by atoms with Crippen LogP contribution < -0.4 is 5.73 Å². The molecule has 1 aromatic rings. The van der Waals surface area contributed by atoms with Crippen molar-refractivity contribution >= 4 is 17.4 Å². The van der Waals surface area contributed by atoms with E-state index in [1.807, 2.05) is 6.07 Å². The number of anilines is 1. The van der Waals surface area contributed by atoms with E-state index in [0.29, 0.717) is 16.8 Å². The Kier molecular flexibility index (Phi) is 3.44. The second-order valence-electron chi connectivity index (χ2n) is 3.96. The second kappa shape index (κ2) is 4.81. The molecule has 0 atom stereocenters. The van der Waals surface area contributed by atoms with Crippen molar-refractivity contribution in [3.8, 4) is 0 Å². The molecule has 1 aromatic heterocycles. The van der Waals surface area contributed by atoms with Crippen LogP contribution in [-0.4, -0.2) is 18.2 Å². The van der Waals surface area contributed by atoms with Gasteiger partial charge < -0.3 is 10.5 Å². The summed E-state index contributed by atoms with van der Waals surface area (Å²) in [5.41, 5.74) is 6.87. The van der Waals surface area contributed by atoms with Gasteiger partial charge in [0.05, 0.1) is 5.02 Å². The van der Waals surface area contributed by atoms with Crippen LogP contribution in [0.2, 0.25) is 5.02 Å². The van der Waals surface area contributed by atoms with Gasteiger partial charge in [-0.2, -0.15) is 0 Å². The van der Waals surface area contributed by atoms with Crippen LogP contribution in [0.3, 0.4) is 0 Å². The van der Waals surface area contributed by atoms with Crippen molar-refractivity contribution in [2.24, 2.45) is 5.92 Å². The fourth-order valence-corrected chi connectivity index (χ4v) is 2.10. The molecule has 4 heteroatoms. The van der Waals surface area contributed by atoms with Gasteiger partial charge in [-0.05, 0) is 36.8 Å². The summed E-state index contributed by atoms with van der Waals surface area (Å²) in [5, 5.41) is 0.659.